The SMILES string of the molecule is CC(C)(O)Cn1cc(Nc2ncnc(N)n2)cn1. The molecule has 2 aromatic heterocycles. The summed E-state index contributed by atoms with van der Waals surface area (Å²) in [6.07, 6.45) is 4.69. The minimum Gasteiger partial charge on any atom is -0.389 e. The van der Waals surface area contributed by atoms with E-state index < -0.39 is 5.60 Å². The second-order valence-electron chi connectivity index (χ2n) is 4.53. The largest absolute Gasteiger partial charge is 0.389 e. The third-order valence-electron chi connectivity index (χ3n) is 2.03. The van der Waals surface area contributed by atoms with Crippen molar-refractivity contribution in [3.8, 4) is 0 Å². The molecular formula is C10H15N7O. The Morgan fingerprint density at radius 1 is 1.44 bits per heavy atom. The Balaban J connectivity index is 2.07. The van der Waals surface area contributed by atoms with Gasteiger partial charge in [-0.2, -0.15) is 10.1 Å². The molecule has 0 aromatic carbocycles. The van der Waals surface area contributed by atoms with E-state index in [0.29, 0.717) is 18.2 Å². The second-order valence-corrected chi connectivity index (χ2v) is 4.53. The molecule has 0 aliphatic carbocycles. The van der Waals surface area contributed by atoms with Crippen molar-refractivity contribution < 1.29 is 5.11 Å². The molecular weight excluding hydrogens is 234 g/mol. The van der Waals surface area contributed by atoms with Gasteiger partial charge in [-0.05, 0) is 13.8 Å². The fourth-order valence-corrected chi connectivity index (χ4v) is 1.41. The zero-order valence-electron chi connectivity index (χ0n) is 10.2. The lowest BCUT2D eigenvalue weighted by Crippen LogP contribution is -2.26. The molecule has 8 heteroatoms. The molecule has 0 spiro atoms. The lowest BCUT2D eigenvalue weighted by molar-refractivity contribution is 0.0578. The number of hydrogen-bond donors (Lipinski definition) is 3. The van der Waals surface area contributed by atoms with Crippen LogP contribution >= 0.6 is 0 Å². The van der Waals surface area contributed by atoms with E-state index in [4.69, 9.17) is 5.73 Å². The Morgan fingerprint density at radius 2 is 2.22 bits per heavy atom. The first-order valence-corrected chi connectivity index (χ1v) is 5.39. The van der Waals surface area contributed by atoms with Crippen LogP contribution in [0.2, 0.25) is 0 Å². The van der Waals surface area contributed by atoms with Gasteiger partial charge in [0.05, 0.1) is 24.0 Å². The predicted octanol–water partition coefficient (Wildman–Crippen LogP) is 0.165. The zero-order chi connectivity index (χ0) is 13.2. The van der Waals surface area contributed by atoms with E-state index in [1.807, 2.05) is 0 Å². The topological polar surface area (TPSA) is 115 Å². The standard InChI is InChI=1S/C10H15N7O/c1-10(2,18)5-17-4-7(3-14-17)15-9-13-6-12-8(11)16-9/h3-4,6,18H,5H2,1-2H3,(H3,11,12,13,15,16). The van der Waals surface area contributed by atoms with Crippen molar-refractivity contribution in [2.75, 3.05) is 11.1 Å². The van der Waals surface area contributed by atoms with E-state index in [1.165, 1.54) is 6.33 Å². The maximum absolute atomic E-state index is 9.68. The van der Waals surface area contributed by atoms with E-state index in [2.05, 4.69) is 25.4 Å². The van der Waals surface area contributed by atoms with Crippen molar-refractivity contribution >= 4 is 17.6 Å². The number of nitrogens with zero attached hydrogens (tertiary/aromatic N) is 5. The fourth-order valence-electron chi connectivity index (χ4n) is 1.41. The van der Waals surface area contributed by atoms with Crippen LogP contribution < -0.4 is 11.1 Å². The van der Waals surface area contributed by atoms with Crippen LogP contribution in [0.15, 0.2) is 18.7 Å². The minimum atomic E-state index is -0.819. The van der Waals surface area contributed by atoms with Crippen LogP contribution in [-0.2, 0) is 6.54 Å². The number of rotatable bonds is 4. The number of nitrogen functional groups attached to an aromatic ring is 1. The summed E-state index contributed by atoms with van der Waals surface area (Å²) in [5.74, 6) is 0.502. The second kappa shape index (κ2) is 4.57. The molecule has 0 unspecified atom stereocenters. The van der Waals surface area contributed by atoms with Crippen molar-refractivity contribution in [1.82, 2.24) is 24.7 Å². The van der Waals surface area contributed by atoms with Crippen molar-refractivity contribution in [1.29, 1.82) is 0 Å². The molecule has 8 nitrogen and oxygen atoms in total. The summed E-state index contributed by atoms with van der Waals surface area (Å²) in [6.45, 7) is 3.83. The summed E-state index contributed by atoms with van der Waals surface area (Å²) in [5, 5.41) is 16.7. The highest BCUT2D eigenvalue weighted by atomic mass is 16.3. The van der Waals surface area contributed by atoms with Gasteiger partial charge in [0.2, 0.25) is 11.9 Å². The van der Waals surface area contributed by atoms with Gasteiger partial charge in [-0.1, -0.05) is 0 Å². The molecule has 0 saturated heterocycles. The summed E-state index contributed by atoms with van der Waals surface area (Å²) in [6, 6.07) is 0. The number of nitrogens with two attached hydrogens (primary N) is 1. The van der Waals surface area contributed by atoms with Crippen molar-refractivity contribution in [2.45, 2.75) is 26.0 Å². The van der Waals surface area contributed by atoms with Crippen molar-refractivity contribution in [2.24, 2.45) is 0 Å². The maximum Gasteiger partial charge on any atom is 0.232 e. The van der Waals surface area contributed by atoms with Gasteiger partial charge in [0.25, 0.3) is 0 Å². The molecule has 2 rings (SSSR count). The van der Waals surface area contributed by atoms with Crippen LogP contribution in [0.4, 0.5) is 17.6 Å². The first kappa shape index (κ1) is 12.2. The number of hydrogen-bond acceptors (Lipinski definition) is 7. The van der Waals surface area contributed by atoms with Crippen LogP contribution in [0.25, 0.3) is 0 Å². The molecule has 0 aliphatic rings. The molecule has 18 heavy (non-hydrogen) atoms. The van der Waals surface area contributed by atoms with Crippen molar-refractivity contribution in [3.63, 3.8) is 0 Å². The van der Waals surface area contributed by atoms with Gasteiger partial charge in [0.15, 0.2) is 0 Å². The molecule has 0 radical (unpaired) electrons. The fraction of sp³-hybridized carbons (Fsp3) is 0.400. The Bertz CT molecular complexity index is 531. The number of aromatic nitrogens is 5. The number of anilines is 3. The van der Waals surface area contributed by atoms with Crippen LogP contribution in [0.3, 0.4) is 0 Å². The molecule has 0 saturated carbocycles. The summed E-state index contributed by atoms with van der Waals surface area (Å²) in [4.78, 5) is 11.5. The third-order valence-corrected chi connectivity index (χ3v) is 2.03. The summed E-state index contributed by atoms with van der Waals surface area (Å²) < 4.78 is 1.63. The highest BCUT2D eigenvalue weighted by Gasteiger charge is 2.14. The van der Waals surface area contributed by atoms with Gasteiger partial charge in [0.1, 0.15) is 6.33 Å². The van der Waals surface area contributed by atoms with Gasteiger partial charge in [-0.25, -0.2) is 9.97 Å². The first-order chi connectivity index (χ1) is 8.42. The minimum absolute atomic E-state index is 0.149. The molecule has 2 heterocycles. The van der Waals surface area contributed by atoms with E-state index in [0.717, 1.165) is 0 Å². The van der Waals surface area contributed by atoms with E-state index in [-0.39, 0.29) is 5.95 Å². The average molecular weight is 249 g/mol. The summed E-state index contributed by atoms with van der Waals surface area (Å²) in [5.41, 5.74) is 5.34. The van der Waals surface area contributed by atoms with Crippen LogP contribution in [0.5, 0.6) is 0 Å². The molecule has 4 N–H and O–H groups in total. The molecule has 2 aromatic rings. The summed E-state index contributed by atoms with van der Waals surface area (Å²) in [7, 11) is 0. The lowest BCUT2D eigenvalue weighted by atomic mass is 10.1. The Morgan fingerprint density at radius 3 is 2.89 bits per heavy atom. The zero-order valence-corrected chi connectivity index (χ0v) is 10.2. The van der Waals surface area contributed by atoms with Gasteiger partial charge >= 0.3 is 0 Å². The van der Waals surface area contributed by atoms with Crippen molar-refractivity contribution in [3.05, 3.63) is 18.7 Å². The Kier molecular flexibility index (Phi) is 3.11. The highest BCUT2D eigenvalue weighted by molar-refractivity contribution is 5.50. The Hall–Kier alpha value is -2.22. The van der Waals surface area contributed by atoms with Gasteiger partial charge in [-0.15, -0.1) is 0 Å². The van der Waals surface area contributed by atoms with E-state index in [1.54, 1.807) is 30.9 Å². The van der Waals surface area contributed by atoms with Gasteiger partial charge < -0.3 is 16.2 Å². The summed E-state index contributed by atoms with van der Waals surface area (Å²) >= 11 is 0. The monoisotopic (exact) mass is 249 g/mol. The number of nitrogens with one attached hydrogen (secondary N) is 1. The lowest BCUT2D eigenvalue weighted by Gasteiger charge is -2.16. The van der Waals surface area contributed by atoms with Gasteiger partial charge in [-0.3, -0.25) is 4.68 Å². The number of aliphatic hydroxyl groups is 1. The smallest absolute Gasteiger partial charge is 0.232 e. The van der Waals surface area contributed by atoms with E-state index >= 15 is 0 Å². The first-order valence-electron chi connectivity index (χ1n) is 5.39. The Labute approximate surface area is 104 Å². The average Bonchev–Trinajstić information content (AvgIpc) is 2.62. The van der Waals surface area contributed by atoms with E-state index in [9.17, 15) is 5.11 Å². The predicted molar refractivity (Wildman–Crippen MR) is 66.0 cm³/mol. The molecule has 0 bridgehead atoms. The highest BCUT2D eigenvalue weighted by Crippen LogP contribution is 2.13. The van der Waals surface area contributed by atoms with Crippen LogP contribution in [-0.4, -0.2) is 35.4 Å². The normalized spacial score (nSPS) is 11.5. The maximum atomic E-state index is 9.68. The molecule has 0 fully saturated rings. The molecule has 0 aliphatic heterocycles. The van der Waals surface area contributed by atoms with Crippen LogP contribution in [0.1, 0.15) is 13.8 Å². The third kappa shape index (κ3) is 3.39. The quantitative estimate of drug-likeness (QED) is 0.707. The molecule has 0 amide bonds. The molecule has 96 valence electrons. The van der Waals surface area contributed by atoms with Crippen LogP contribution in [0, 0.1) is 0 Å². The molecule has 0 atom stereocenters. The van der Waals surface area contributed by atoms with Gasteiger partial charge in [0, 0.05) is 6.20 Å².